The normalized spacial score (nSPS) is 12.3. The first-order valence-corrected chi connectivity index (χ1v) is 25.9. The molecule has 1 unspecified atom stereocenters. The van der Waals surface area contributed by atoms with Crippen molar-refractivity contribution < 1.29 is 23.8 Å². The number of carbonyl (C=O) groups excluding carboxylic acids is 2. The number of allylic oxidation sites excluding steroid dienone is 4. The molecule has 0 N–H and O–H groups in total. The van der Waals surface area contributed by atoms with E-state index in [1.807, 2.05) is 0 Å². The van der Waals surface area contributed by atoms with Crippen LogP contribution in [0.1, 0.15) is 278 Å². The van der Waals surface area contributed by atoms with Crippen molar-refractivity contribution in [3.63, 3.8) is 0 Å². The van der Waals surface area contributed by atoms with E-state index in [2.05, 4.69) is 45.1 Å². The van der Waals surface area contributed by atoms with Crippen molar-refractivity contribution in [3.05, 3.63) is 24.3 Å². The molecular weight excluding hydrogens is 717 g/mol. The molecule has 0 aromatic rings. The van der Waals surface area contributed by atoms with Crippen LogP contribution in [0.4, 0.5) is 0 Å². The molecule has 0 heterocycles. The quantitative estimate of drug-likeness (QED) is 0.0348. The summed E-state index contributed by atoms with van der Waals surface area (Å²) in [6, 6.07) is 0. The van der Waals surface area contributed by atoms with E-state index in [0.717, 1.165) is 51.4 Å². The molecule has 5 heteroatoms. The first kappa shape index (κ1) is 56.4. The van der Waals surface area contributed by atoms with E-state index in [-0.39, 0.29) is 25.2 Å². The van der Waals surface area contributed by atoms with Crippen LogP contribution in [0.3, 0.4) is 0 Å². The minimum Gasteiger partial charge on any atom is -0.462 e. The molecule has 0 bridgehead atoms. The van der Waals surface area contributed by atoms with Gasteiger partial charge in [-0.15, -0.1) is 0 Å². The van der Waals surface area contributed by atoms with Crippen LogP contribution in [-0.2, 0) is 23.8 Å². The number of hydrogen-bond donors (Lipinski definition) is 0. The Morgan fingerprint density at radius 3 is 1.10 bits per heavy atom. The topological polar surface area (TPSA) is 61.8 Å². The van der Waals surface area contributed by atoms with Gasteiger partial charge in [0.05, 0.1) is 6.61 Å². The van der Waals surface area contributed by atoms with Gasteiger partial charge in [0, 0.05) is 19.4 Å². The van der Waals surface area contributed by atoms with Crippen molar-refractivity contribution in [1.82, 2.24) is 0 Å². The Balaban J connectivity index is 4.14. The number of hydrogen-bond acceptors (Lipinski definition) is 5. The average molecular weight is 817 g/mol. The van der Waals surface area contributed by atoms with Crippen LogP contribution in [0.25, 0.3) is 0 Å². The average Bonchev–Trinajstić information content (AvgIpc) is 3.22. The predicted octanol–water partition coefficient (Wildman–Crippen LogP) is 17.2. The van der Waals surface area contributed by atoms with Gasteiger partial charge in [-0.25, -0.2) is 0 Å². The molecule has 0 saturated heterocycles. The van der Waals surface area contributed by atoms with Crippen LogP contribution < -0.4 is 0 Å². The summed E-state index contributed by atoms with van der Waals surface area (Å²) in [5, 5.41) is 0. The SMILES string of the molecule is CCCC/C=C\CCCCCCCCOCC(COC(=O)CCCCCCCCCCCCCCCCCCCCC)OC(=O)CCCCCCC/C=C\CCCC. The molecule has 0 amide bonds. The van der Waals surface area contributed by atoms with Crippen LogP contribution in [-0.4, -0.2) is 37.9 Å². The summed E-state index contributed by atoms with van der Waals surface area (Å²) in [4.78, 5) is 25.3. The molecule has 0 rings (SSSR count). The van der Waals surface area contributed by atoms with Crippen molar-refractivity contribution in [3.8, 4) is 0 Å². The summed E-state index contributed by atoms with van der Waals surface area (Å²) < 4.78 is 17.4. The summed E-state index contributed by atoms with van der Waals surface area (Å²) in [6.45, 7) is 7.79. The maximum absolute atomic E-state index is 12.7. The Bertz CT molecular complexity index is 882. The second-order valence-corrected chi connectivity index (χ2v) is 17.4. The highest BCUT2D eigenvalue weighted by Gasteiger charge is 2.17. The van der Waals surface area contributed by atoms with Crippen molar-refractivity contribution in [2.75, 3.05) is 19.8 Å². The molecule has 5 nitrogen and oxygen atoms in total. The second-order valence-electron chi connectivity index (χ2n) is 17.4. The number of unbranched alkanes of at least 4 members (excludes halogenated alkanes) is 33. The standard InChI is InChI=1S/C53H100O5/c1-4-7-10-13-16-19-22-24-25-26-27-28-29-30-32-34-37-40-43-46-52(54)57-50-51(49-56-48-45-42-39-36-33-23-20-17-14-11-8-5-2)58-53(55)47-44-41-38-35-31-21-18-15-12-9-6-3/h14-15,17-18,51H,4-13,16,19-50H2,1-3H3/b17-14-,18-15-. The molecule has 0 aliphatic heterocycles. The summed E-state index contributed by atoms with van der Waals surface area (Å²) >= 11 is 0. The monoisotopic (exact) mass is 817 g/mol. The van der Waals surface area contributed by atoms with Crippen LogP contribution in [0, 0.1) is 0 Å². The van der Waals surface area contributed by atoms with Gasteiger partial charge in [-0.1, -0.05) is 231 Å². The Morgan fingerprint density at radius 2 is 0.690 bits per heavy atom. The molecule has 0 aromatic carbocycles. The third-order valence-corrected chi connectivity index (χ3v) is 11.5. The molecule has 0 spiro atoms. The molecule has 0 radical (unpaired) electrons. The summed E-state index contributed by atoms with van der Waals surface area (Å²) in [5.74, 6) is -0.396. The van der Waals surface area contributed by atoms with E-state index in [0.29, 0.717) is 19.4 Å². The van der Waals surface area contributed by atoms with Gasteiger partial charge < -0.3 is 14.2 Å². The van der Waals surface area contributed by atoms with Gasteiger partial charge in [-0.05, 0) is 57.8 Å². The fourth-order valence-electron chi connectivity index (χ4n) is 7.53. The van der Waals surface area contributed by atoms with Gasteiger partial charge in [0.25, 0.3) is 0 Å². The number of esters is 2. The molecule has 0 aromatic heterocycles. The van der Waals surface area contributed by atoms with Crippen molar-refractivity contribution in [2.24, 2.45) is 0 Å². The first-order chi connectivity index (χ1) is 28.6. The lowest BCUT2D eigenvalue weighted by Crippen LogP contribution is -2.30. The fraction of sp³-hybridized carbons (Fsp3) is 0.887. The first-order valence-electron chi connectivity index (χ1n) is 25.9. The highest BCUT2D eigenvalue weighted by molar-refractivity contribution is 5.70. The zero-order valence-corrected chi connectivity index (χ0v) is 39.3. The van der Waals surface area contributed by atoms with Gasteiger partial charge in [0.1, 0.15) is 6.61 Å². The Labute approximate surface area is 362 Å². The van der Waals surface area contributed by atoms with Crippen LogP contribution >= 0.6 is 0 Å². The molecule has 0 aliphatic rings. The molecule has 342 valence electrons. The van der Waals surface area contributed by atoms with E-state index in [4.69, 9.17) is 14.2 Å². The lowest BCUT2D eigenvalue weighted by Gasteiger charge is -2.18. The fourth-order valence-corrected chi connectivity index (χ4v) is 7.53. The second kappa shape index (κ2) is 49.7. The number of carbonyl (C=O) groups is 2. The molecule has 0 saturated carbocycles. The third kappa shape index (κ3) is 47.1. The van der Waals surface area contributed by atoms with Crippen molar-refractivity contribution >= 4 is 11.9 Å². The smallest absolute Gasteiger partial charge is 0.306 e. The zero-order chi connectivity index (χ0) is 42.1. The Hall–Kier alpha value is -1.62. The van der Waals surface area contributed by atoms with Crippen molar-refractivity contribution in [2.45, 2.75) is 284 Å². The van der Waals surface area contributed by atoms with E-state index in [9.17, 15) is 9.59 Å². The van der Waals surface area contributed by atoms with E-state index in [1.54, 1.807) is 0 Å². The number of ether oxygens (including phenoxy) is 3. The Morgan fingerprint density at radius 1 is 0.362 bits per heavy atom. The number of rotatable bonds is 48. The minimum atomic E-state index is -0.536. The molecular formula is C53H100O5. The largest absolute Gasteiger partial charge is 0.462 e. The minimum absolute atomic E-state index is 0.0857. The van der Waals surface area contributed by atoms with E-state index in [1.165, 1.54) is 193 Å². The lowest BCUT2D eigenvalue weighted by atomic mass is 10.0. The summed E-state index contributed by atoms with van der Waals surface area (Å²) in [5.41, 5.74) is 0. The molecule has 0 aliphatic carbocycles. The van der Waals surface area contributed by atoms with Crippen molar-refractivity contribution in [1.29, 1.82) is 0 Å². The lowest BCUT2D eigenvalue weighted by molar-refractivity contribution is -0.163. The maximum Gasteiger partial charge on any atom is 0.306 e. The van der Waals surface area contributed by atoms with Gasteiger partial charge in [0.15, 0.2) is 6.10 Å². The molecule has 1 atom stereocenters. The van der Waals surface area contributed by atoms with E-state index >= 15 is 0 Å². The maximum atomic E-state index is 12.7. The van der Waals surface area contributed by atoms with Gasteiger partial charge in [-0.3, -0.25) is 9.59 Å². The van der Waals surface area contributed by atoms with Crippen LogP contribution in [0.2, 0.25) is 0 Å². The summed E-state index contributed by atoms with van der Waals surface area (Å²) in [7, 11) is 0. The highest BCUT2D eigenvalue weighted by atomic mass is 16.6. The van der Waals surface area contributed by atoms with Gasteiger partial charge >= 0.3 is 11.9 Å². The van der Waals surface area contributed by atoms with Gasteiger partial charge in [-0.2, -0.15) is 0 Å². The highest BCUT2D eigenvalue weighted by Crippen LogP contribution is 2.16. The molecule has 58 heavy (non-hydrogen) atoms. The summed E-state index contributed by atoms with van der Waals surface area (Å²) in [6.07, 6.45) is 57.6. The molecule has 0 fully saturated rings. The predicted molar refractivity (Wildman–Crippen MR) is 252 cm³/mol. The zero-order valence-electron chi connectivity index (χ0n) is 39.3. The van der Waals surface area contributed by atoms with Gasteiger partial charge in [0.2, 0.25) is 0 Å². The van der Waals surface area contributed by atoms with E-state index < -0.39 is 6.10 Å². The Kier molecular flexibility index (Phi) is 48.4. The van der Waals surface area contributed by atoms with Crippen LogP contribution in [0.15, 0.2) is 24.3 Å². The van der Waals surface area contributed by atoms with Crippen LogP contribution in [0.5, 0.6) is 0 Å². The third-order valence-electron chi connectivity index (χ3n) is 11.5.